The number of rotatable bonds is 5. The van der Waals surface area contributed by atoms with Crippen molar-refractivity contribution in [1.82, 2.24) is 15.1 Å². The zero-order valence-electron chi connectivity index (χ0n) is 13.4. The first-order valence-corrected chi connectivity index (χ1v) is 7.78. The lowest BCUT2D eigenvalue weighted by molar-refractivity contribution is -0.0245. The number of aliphatic hydroxyl groups is 1. The summed E-state index contributed by atoms with van der Waals surface area (Å²) in [6, 6.07) is 2.14. The molecule has 114 valence electrons. The molecule has 1 aliphatic rings. The van der Waals surface area contributed by atoms with Crippen LogP contribution in [0.2, 0.25) is 0 Å². The Bertz CT molecular complexity index is 441. The van der Waals surface area contributed by atoms with E-state index in [1.54, 1.807) is 0 Å². The minimum atomic E-state index is -0.526. The predicted molar refractivity (Wildman–Crippen MR) is 81.5 cm³/mol. The Morgan fingerprint density at radius 3 is 2.50 bits per heavy atom. The highest BCUT2D eigenvalue weighted by molar-refractivity contribution is 5.10. The highest BCUT2D eigenvalue weighted by Gasteiger charge is 2.36. The molecule has 4 heteroatoms. The maximum atomic E-state index is 10.6. The van der Waals surface area contributed by atoms with Gasteiger partial charge in [0.1, 0.15) is 0 Å². The Morgan fingerprint density at radius 1 is 1.30 bits per heavy atom. The highest BCUT2D eigenvalue weighted by Crippen LogP contribution is 2.39. The Balaban J connectivity index is 1.82. The number of hydrogen-bond donors (Lipinski definition) is 2. The van der Waals surface area contributed by atoms with Crippen molar-refractivity contribution in [3.63, 3.8) is 0 Å². The van der Waals surface area contributed by atoms with Crippen molar-refractivity contribution in [3.8, 4) is 0 Å². The molecular weight excluding hydrogens is 250 g/mol. The summed E-state index contributed by atoms with van der Waals surface area (Å²) in [5.41, 5.74) is 2.18. The second kappa shape index (κ2) is 5.86. The first-order valence-electron chi connectivity index (χ1n) is 7.78. The lowest BCUT2D eigenvalue weighted by atomic mass is 9.71. The van der Waals surface area contributed by atoms with Crippen LogP contribution in [-0.4, -0.2) is 27.0 Å². The van der Waals surface area contributed by atoms with Crippen molar-refractivity contribution in [2.75, 3.05) is 6.54 Å². The second-order valence-corrected chi connectivity index (χ2v) is 7.10. The molecule has 1 heterocycles. The standard InChI is InChI=1S/C16H29N3O/c1-5-13-10-14(19(4)18-13)11-17-12-16(20)8-6-15(2,3)7-9-16/h10,17,20H,5-9,11-12H2,1-4H3. The zero-order valence-corrected chi connectivity index (χ0v) is 13.4. The summed E-state index contributed by atoms with van der Waals surface area (Å²) < 4.78 is 1.93. The molecule has 2 rings (SSSR count). The normalized spacial score (nSPS) is 21.1. The van der Waals surface area contributed by atoms with Crippen LogP contribution in [0.3, 0.4) is 0 Å². The van der Waals surface area contributed by atoms with Gasteiger partial charge in [-0.15, -0.1) is 0 Å². The number of nitrogens with zero attached hydrogens (tertiary/aromatic N) is 2. The molecule has 20 heavy (non-hydrogen) atoms. The third kappa shape index (κ3) is 3.83. The van der Waals surface area contributed by atoms with Crippen LogP contribution in [0.5, 0.6) is 0 Å². The van der Waals surface area contributed by atoms with Gasteiger partial charge in [0.15, 0.2) is 0 Å². The maximum Gasteiger partial charge on any atom is 0.0772 e. The molecule has 0 amide bonds. The SMILES string of the molecule is CCc1cc(CNCC2(O)CCC(C)(C)CC2)n(C)n1. The van der Waals surface area contributed by atoms with E-state index in [4.69, 9.17) is 0 Å². The Labute approximate surface area is 122 Å². The lowest BCUT2D eigenvalue weighted by Crippen LogP contribution is -2.45. The van der Waals surface area contributed by atoms with E-state index in [1.807, 2.05) is 11.7 Å². The summed E-state index contributed by atoms with van der Waals surface area (Å²) in [6.07, 6.45) is 4.98. The van der Waals surface area contributed by atoms with Crippen molar-refractivity contribution in [2.24, 2.45) is 12.5 Å². The Hall–Kier alpha value is -0.870. The summed E-state index contributed by atoms with van der Waals surface area (Å²) in [4.78, 5) is 0. The zero-order chi connectivity index (χ0) is 14.8. The molecule has 1 aromatic heterocycles. The summed E-state index contributed by atoms with van der Waals surface area (Å²) in [5.74, 6) is 0. The van der Waals surface area contributed by atoms with E-state index in [-0.39, 0.29) is 0 Å². The molecular formula is C16H29N3O. The van der Waals surface area contributed by atoms with E-state index in [9.17, 15) is 5.11 Å². The topological polar surface area (TPSA) is 50.1 Å². The van der Waals surface area contributed by atoms with Crippen LogP contribution in [-0.2, 0) is 20.0 Å². The van der Waals surface area contributed by atoms with Gasteiger partial charge in [-0.1, -0.05) is 20.8 Å². The molecule has 0 radical (unpaired) electrons. The molecule has 0 spiro atoms. The van der Waals surface area contributed by atoms with Gasteiger partial charge in [-0.25, -0.2) is 0 Å². The van der Waals surface area contributed by atoms with Gasteiger partial charge >= 0.3 is 0 Å². The van der Waals surface area contributed by atoms with Gasteiger partial charge in [0.25, 0.3) is 0 Å². The monoisotopic (exact) mass is 279 g/mol. The average molecular weight is 279 g/mol. The van der Waals surface area contributed by atoms with Crippen molar-refractivity contribution in [2.45, 2.75) is 65.0 Å². The van der Waals surface area contributed by atoms with Gasteiger partial charge in [-0.05, 0) is 43.6 Å². The van der Waals surface area contributed by atoms with Gasteiger partial charge in [0.05, 0.1) is 17.0 Å². The molecule has 0 bridgehead atoms. The molecule has 1 aromatic rings. The molecule has 1 saturated carbocycles. The van der Waals surface area contributed by atoms with Crippen LogP contribution in [0.25, 0.3) is 0 Å². The van der Waals surface area contributed by atoms with Crippen LogP contribution in [0, 0.1) is 5.41 Å². The average Bonchev–Trinajstić information content (AvgIpc) is 2.75. The molecule has 0 aliphatic heterocycles. The summed E-state index contributed by atoms with van der Waals surface area (Å²) in [7, 11) is 1.98. The fraction of sp³-hybridized carbons (Fsp3) is 0.812. The summed E-state index contributed by atoms with van der Waals surface area (Å²) >= 11 is 0. The number of aryl methyl sites for hydroxylation is 2. The summed E-state index contributed by atoms with van der Waals surface area (Å²) in [5, 5.41) is 18.5. The van der Waals surface area contributed by atoms with Gasteiger partial charge in [-0.3, -0.25) is 4.68 Å². The molecule has 4 nitrogen and oxygen atoms in total. The molecule has 0 aromatic carbocycles. The minimum Gasteiger partial charge on any atom is -0.389 e. The van der Waals surface area contributed by atoms with Crippen molar-refractivity contribution in [1.29, 1.82) is 0 Å². The fourth-order valence-electron chi connectivity index (χ4n) is 2.90. The molecule has 0 unspecified atom stereocenters. The van der Waals surface area contributed by atoms with Crippen LogP contribution < -0.4 is 5.32 Å². The molecule has 1 aliphatic carbocycles. The van der Waals surface area contributed by atoms with E-state index < -0.39 is 5.60 Å². The van der Waals surface area contributed by atoms with E-state index in [2.05, 4.69) is 37.3 Å². The van der Waals surface area contributed by atoms with Crippen LogP contribution in [0.4, 0.5) is 0 Å². The quantitative estimate of drug-likeness (QED) is 0.870. The molecule has 2 N–H and O–H groups in total. The largest absolute Gasteiger partial charge is 0.389 e. The Morgan fingerprint density at radius 2 is 1.95 bits per heavy atom. The van der Waals surface area contributed by atoms with E-state index >= 15 is 0 Å². The first kappa shape index (κ1) is 15.5. The summed E-state index contributed by atoms with van der Waals surface area (Å²) in [6.45, 7) is 8.15. The van der Waals surface area contributed by atoms with Crippen LogP contribution in [0.15, 0.2) is 6.07 Å². The van der Waals surface area contributed by atoms with Crippen molar-refractivity contribution in [3.05, 3.63) is 17.5 Å². The smallest absolute Gasteiger partial charge is 0.0772 e. The lowest BCUT2D eigenvalue weighted by Gasteiger charge is -2.40. The number of hydrogen-bond acceptors (Lipinski definition) is 3. The van der Waals surface area contributed by atoms with Crippen molar-refractivity contribution >= 4 is 0 Å². The number of aromatic nitrogens is 2. The van der Waals surface area contributed by atoms with Gasteiger partial charge in [0.2, 0.25) is 0 Å². The molecule has 0 saturated heterocycles. The van der Waals surface area contributed by atoms with Gasteiger partial charge in [0, 0.05) is 20.1 Å². The van der Waals surface area contributed by atoms with Gasteiger partial charge in [-0.2, -0.15) is 5.10 Å². The predicted octanol–water partition coefficient (Wildman–Crippen LogP) is 2.40. The molecule has 0 atom stereocenters. The van der Waals surface area contributed by atoms with E-state index in [0.29, 0.717) is 12.0 Å². The minimum absolute atomic E-state index is 0.393. The van der Waals surface area contributed by atoms with E-state index in [0.717, 1.165) is 44.3 Å². The molecule has 1 fully saturated rings. The second-order valence-electron chi connectivity index (χ2n) is 7.10. The third-order valence-electron chi connectivity index (χ3n) is 4.68. The van der Waals surface area contributed by atoms with Gasteiger partial charge < -0.3 is 10.4 Å². The number of nitrogens with one attached hydrogen (secondary N) is 1. The third-order valence-corrected chi connectivity index (χ3v) is 4.68. The maximum absolute atomic E-state index is 10.6. The van der Waals surface area contributed by atoms with E-state index in [1.165, 1.54) is 5.69 Å². The fourth-order valence-corrected chi connectivity index (χ4v) is 2.90. The van der Waals surface area contributed by atoms with Crippen LogP contribution in [0.1, 0.15) is 57.8 Å². The first-order chi connectivity index (χ1) is 9.34. The Kier molecular flexibility index (Phi) is 4.55. The van der Waals surface area contributed by atoms with Crippen molar-refractivity contribution < 1.29 is 5.11 Å². The van der Waals surface area contributed by atoms with Crippen LogP contribution >= 0.6 is 0 Å². The highest BCUT2D eigenvalue weighted by atomic mass is 16.3.